The van der Waals surface area contributed by atoms with Gasteiger partial charge < -0.3 is 10.6 Å². The van der Waals surface area contributed by atoms with Gasteiger partial charge in [-0.15, -0.1) is 0 Å². The third kappa shape index (κ3) is 3.30. The zero-order chi connectivity index (χ0) is 10.4. The van der Waals surface area contributed by atoms with E-state index in [9.17, 15) is 0 Å². The molecule has 0 aromatic carbocycles. The van der Waals surface area contributed by atoms with Crippen LogP contribution in [-0.2, 0) is 0 Å². The van der Waals surface area contributed by atoms with Crippen molar-refractivity contribution in [2.75, 3.05) is 18.0 Å². The number of pyridine rings is 1. The SMILES string of the molecule is CCN(CCC(N)=S)c1ccncc1. The molecule has 0 unspecified atom stereocenters. The predicted octanol–water partition coefficient (Wildman–Crippen LogP) is 1.58. The molecular formula is C10H15N3S. The molecule has 0 radical (unpaired) electrons. The molecule has 0 spiro atoms. The van der Waals surface area contributed by atoms with Crippen molar-refractivity contribution in [2.24, 2.45) is 5.73 Å². The number of hydrogen-bond donors (Lipinski definition) is 1. The van der Waals surface area contributed by atoms with Gasteiger partial charge in [-0.3, -0.25) is 4.98 Å². The van der Waals surface area contributed by atoms with Gasteiger partial charge in [-0.2, -0.15) is 0 Å². The molecule has 0 saturated carbocycles. The van der Waals surface area contributed by atoms with Gasteiger partial charge in [0.15, 0.2) is 0 Å². The molecule has 1 rings (SSSR count). The first-order valence-corrected chi connectivity index (χ1v) is 5.08. The average molecular weight is 209 g/mol. The second-order valence-corrected chi connectivity index (χ2v) is 3.53. The van der Waals surface area contributed by atoms with E-state index in [2.05, 4.69) is 16.8 Å². The highest BCUT2D eigenvalue weighted by Crippen LogP contribution is 2.11. The third-order valence-electron chi connectivity index (χ3n) is 2.04. The van der Waals surface area contributed by atoms with Crippen molar-refractivity contribution in [1.29, 1.82) is 0 Å². The number of hydrogen-bond acceptors (Lipinski definition) is 3. The van der Waals surface area contributed by atoms with Crippen LogP contribution < -0.4 is 10.6 Å². The highest BCUT2D eigenvalue weighted by Gasteiger charge is 2.03. The summed E-state index contributed by atoms with van der Waals surface area (Å²) in [6, 6.07) is 3.98. The Balaban J connectivity index is 2.58. The molecule has 0 fully saturated rings. The molecule has 3 nitrogen and oxygen atoms in total. The summed E-state index contributed by atoms with van der Waals surface area (Å²) in [4.78, 5) is 6.77. The van der Waals surface area contributed by atoms with Crippen LogP contribution in [0, 0.1) is 0 Å². The van der Waals surface area contributed by atoms with Crippen LogP contribution in [0.3, 0.4) is 0 Å². The van der Waals surface area contributed by atoms with Crippen molar-refractivity contribution >= 4 is 22.9 Å². The number of aromatic nitrogens is 1. The Morgan fingerprint density at radius 2 is 2.14 bits per heavy atom. The van der Waals surface area contributed by atoms with Crippen LogP contribution in [0.1, 0.15) is 13.3 Å². The molecule has 2 N–H and O–H groups in total. The van der Waals surface area contributed by atoms with Gasteiger partial charge in [-0.1, -0.05) is 12.2 Å². The molecule has 0 saturated heterocycles. The molecule has 1 heterocycles. The van der Waals surface area contributed by atoms with Crippen LogP contribution in [0.4, 0.5) is 5.69 Å². The molecule has 1 aromatic heterocycles. The monoisotopic (exact) mass is 209 g/mol. The fourth-order valence-electron chi connectivity index (χ4n) is 1.27. The second kappa shape index (κ2) is 5.54. The first kappa shape index (κ1) is 10.9. The van der Waals surface area contributed by atoms with E-state index in [0.29, 0.717) is 4.99 Å². The summed E-state index contributed by atoms with van der Waals surface area (Å²) in [6.45, 7) is 3.93. The maximum Gasteiger partial charge on any atom is 0.0745 e. The summed E-state index contributed by atoms with van der Waals surface area (Å²) in [5.74, 6) is 0. The van der Waals surface area contributed by atoms with Crippen LogP contribution in [0.5, 0.6) is 0 Å². The maximum atomic E-state index is 5.47. The van der Waals surface area contributed by atoms with Crippen LogP contribution in [0.2, 0.25) is 0 Å². The van der Waals surface area contributed by atoms with Crippen molar-refractivity contribution in [3.63, 3.8) is 0 Å². The molecule has 0 aliphatic rings. The topological polar surface area (TPSA) is 42.1 Å². The normalized spacial score (nSPS) is 9.79. The number of rotatable bonds is 5. The highest BCUT2D eigenvalue weighted by atomic mass is 32.1. The van der Waals surface area contributed by atoms with Gasteiger partial charge in [0.25, 0.3) is 0 Å². The highest BCUT2D eigenvalue weighted by molar-refractivity contribution is 7.80. The smallest absolute Gasteiger partial charge is 0.0745 e. The largest absolute Gasteiger partial charge is 0.393 e. The lowest BCUT2D eigenvalue weighted by Crippen LogP contribution is -2.27. The van der Waals surface area contributed by atoms with Crippen molar-refractivity contribution < 1.29 is 0 Å². The molecule has 4 heteroatoms. The molecule has 76 valence electrons. The average Bonchev–Trinajstić information content (AvgIpc) is 2.20. The maximum absolute atomic E-state index is 5.47. The number of anilines is 1. The lowest BCUT2D eigenvalue weighted by Gasteiger charge is -2.22. The van der Waals surface area contributed by atoms with E-state index in [0.717, 1.165) is 19.5 Å². The Kier molecular flexibility index (Phi) is 4.32. The molecule has 14 heavy (non-hydrogen) atoms. The molecule has 0 aliphatic heterocycles. The van der Waals surface area contributed by atoms with Gasteiger partial charge in [0.05, 0.1) is 4.99 Å². The lowest BCUT2D eigenvalue weighted by molar-refractivity contribution is 0.836. The zero-order valence-corrected chi connectivity index (χ0v) is 9.13. The van der Waals surface area contributed by atoms with Gasteiger partial charge >= 0.3 is 0 Å². The third-order valence-corrected chi connectivity index (χ3v) is 2.24. The van der Waals surface area contributed by atoms with Gasteiger partial charge in [0.2, 0.25) is 0 Å². The quantitative estimate of drug-likeness (QED) is 0.748. The van der Waals surface area contributed by atoms with E-state index in [1.54, 1.807) is 12.4 Å². The summed E-state index contributed by atoms with van der Waals surface area (Å²) < 4.78 is 0. The molecule has 0 amide bonds. The molecule has 0 bridgehead atoms. The Morgan fingerprint density at radius 1 is 1.50 bits per heavy atom. The molecule has 0 aliphatic carbocycles. The van der Waals surface area contributed by atoms with E-state index < -0.39 is 0 Å². The standard InChI is InChI=1S/C10H15N3S/c1-2-13(8-5-10(11)14)9-3-6-12-7-4-9/h3-4,6-7H,2,5,8H2,1H3,(H2,11,14). The van der Waals surface area contributed by atoms with E-state index in [4.69, 9.17) is 18.0 Å². The minimum absolute atomic E-state index is 0.567. The number of nitrogens with zero attached hydrogens (tertiary/aromatic N) is 2. The van der Waals surface area contributed by atoms with Gasteiger partial charge in [-0.05, 0) is 19.1 Å². The van der Waals surface area contributed by atoms with Crippen molar-refractivity contribution in [2.45, 2.75) is 13.3 Å². The van der Waals surface area contributed by atoms with E-state index in [1.165, 1.54) is 5.69 Å². The van der Waals surface area contributed by atoms with Crippen molar-refractivity contribution in [3.05, 3.63) is 24.5 Å². The minimum atomic E-state index is 0.567. The summed E-state index contributed by atoms with van der Waals surface area (Å²) in [5, 5.41) is 0. The van der Waals surface area contributed by atoms with Crippen molar-refractivity contribution in [1.82, 2.24) is 4.98 Å². The van der Waals surface area contributed by atoms with Crippen LogP contribution in [0.25, 0.3) is 0 Å². The lowest BCUT2D eigenvalue weighted by atomic mass is 10.3. The first-order valence-electron chi connectivity index (χ1n) is 4.67. The van der Waals surface area contributed by atoms with Gasteiger partial charge in [-0.25, -0.2) is 0 Å². The fourth-order valence-corrected chi connectivity index (χ4v) is 1.36. The van der Waals surface area contributed by atoms with Crippen LogP contribution >= 0.6 is 12.2 Å². The Morgan fingerprint density at radius 3 is 2.64 bits per heavy atom. The second-order valence-electron chi connectivity index (χ2n) is 3.00. The van der Waals surface area contributed by atoms with Crippen LogP contribution in [-0.4, -0.2) is 23.1 Å². The Hall–Kier alpha value is -1.16. The predicted molar refractivity (Wildman–Crippen MR) is 63.5 cm³/mol. The molecule has 1 aromatic rings. The molecule has 0 atom stereocenters. The van der Waals surface area contributed by atoms with E-state index >= 15 is 0 Å². The summed E-state index contributed by atoms with van der Waals surface area (Å²) in [5.41, 5.74) is 6.63. The number of thiocarbonyl (C=S) groups is 1. The summed E-state index contributed by atoms with van der Waals surface area (Å²) >= 11 is 4.85. The Bertz CT molecular complexity index is 287. The fraction of sp³-hybridized carbons (Fsp3) is 0.400. The minimum Gasteiger partial charge on any atom is -0.393 e. The first-order chi connectivity index (χ1) is 6.74. The summed E-state index contributed by atoms with van der Waals surface area (Å²) in [6.07, 6.45) is 4.34. The molecular weight excluding hydrogens is 194 g/mol. The number of nitrogens with two attached hydrogens (primary N) is 1. The van der Waals surface area contributed by atoms with Crippen LogP contribution in [0.15, 0.2) is 24.5 Å². The van der Waals surface area contributed by atoms with Gasteiger partial charge in [0, 0.05) is 37.6 Å². The zero-order valence-electron chi connectivity index (χ0n) is 8.31. The van der Waals surface area contributed by atoms with Gasteiger partial charge in [0.1, 0.15) is 0 Å². The summed E-state index contributed by atoms with van der Waals surface area (Å²) in [7, 11) is 0. The van der Waals surface area contributed by atoms with E-state index in [1.807, 2.05) is 12.1 Å². The Labute approximate surface area is 89.9 Å². The van der Waals surface area contributed by atoms with Crippen molar-refractivity contribution in [3.8, 4) is 0 Å². The van der Waals surface area contributed by atoms with E-state index in [-0.39, 0.29) is 0 Å².